The van der Waals surface area contributed by atoms with Crippen LogP contribution in [-0.4, -0.2) is 64.8 Å². The Morgan fingerprint density at radius 2 is 2.00 bits per heavy atom. The van der Waals surface area contributed by atoms with Crippen molar-refractivity contribution in [2.75, 3.05) is 25.5 Å². The molecule has 4 rings (SSSR count). The SMILES string of the molecule is C[C@@H](NC(=N)N(C)S(=O)(=O)[C@H]1CCN(Cc2ccccn2)C1)c1cc(NC(=O)c2ccc(F)cn2)ccc1F. The van der Waals surface area contributed by atoms with Crippen LogP contribution in [0.15, 0.2) is 60.9 Å². The van der Waals surface area contributed by atoms with Crippen molar-refractivity contribution in [3.63, 3.8) is 0 Å². The summed E-state index contributed by atoms with van der Waals surface area (Å²) < 4.78 is 55.1. The Hall–Kier alpha value is -3.97. The molecule has 0 saturated carbocycles. The number of likely N-dealkylation sites (tertiary alicyclic amines) is 1. The third kappa shape index (κ3) is 6.73. The van der Waals surface area contributed by atoms with E-state index in [1.165, 1.54) is 25.2 Å². The molecule has 0 aliphatic carbocycles. The minimum atomic E-state index is -3.86. The van der Waals surface area contributed by atoms with Crippen molar-refractivity contribution in [3.05, 3.63) is 89.5 Å². The lowest BCUT2D eigenvalue weighted by Crippen LogP contribution is -2.47. The first-order chi connectivity index (χ1) is 18.5. The highest BCUT2D eigenvalue weighted by molar-refractivity contribution is 7.90. The maximum Gasteiger partial charge on any atom is 0.274 e. The van der Waals surface area contributed by atoms with Gasteiger partial charge in [-0.25, -0.2) is 26.5 Å². The Balaban J connectivity index is 1.38. The van der Waals surface area contributed by atoms with E-state index in [0.29, 0.717) is 26.1 Å². The summed E-state index contributed by atoms with van der Waals surface area (Å²) in [5.74, 6) is -2.21. The molecule has 1 aliphatic heterocycles. The Kier molecular flexibility index (Phi) is 8.51. The lowest BCUT2D eigenvalue weighted by molar-refractivity contribution is 0.102. The van der Waals surface area contributed by atoms with Crippen LogP contribution in [0.5, 0.6) is 0 Å². The van der Waals surface area contributed by atoms with Gasteiger partial charge in [-0.1, -0.05) is 6.07 Å². The van der Waals surface area contributed by atoms with E-state index in [1.807, 2.05) is 23.1 Å². The number of hydrogen-bond donors (Lipinski definition) is 3. The number of anilines is 1. The molecule has 0 unspecified atom stereocenters. The van der Waals surface area contributed by atoms with Crippen LogP contribution in [0.3, 0.4) is 0 Å². The number of benzene rings is 1. The number of rotatable bonds is 8. The molecule has 1 amide bonds. The number of hydrogen-bond acceptors (Lipinski definition) is 7. The molecule has 0 bridgehead atoms. The van der Waals surface area contributed by atoms with E-state index in [2.05, 4.69) is 20.6 Å². The lowest BCUT2D eigenvalue weighted by atomic mass is 10.1. The molecule has 10 nitrogen and oxygen atoms in total. The van der Waals surface area contributed by atoms with Crippen LogP contribution in [0.2, 0.25) is 0 Å². The van der Waals surface area contributed by atoms with E-state index in [0.717, 1.165) is 28.3 Å². The average Bonchev–Trinajstić information content (AvgIpc) is 3.39. The normalized spacial score (nSPS) is 16.5. The summed E-state index contributed by atoms with van der Waals surface area (Å²) in [6, 6.07) is 11.0. The van der Waals surface area contributed by atoms with Gasteiger partial charge in [-0.15, -0.1) is 0 Å². The first-order valence-corrected chi connectivity index (χ1v) is 13.7. The van der Waals surface area contributed by atoms with Crippen molar-refractivity contribution in [3.8, 4) is 0 Å². The second-order valence-electron chi connectivity index (χ2n) is 9.25. The number of carbonyl (C=O) groups excluding carboxylic acids is 1. The molecule has 3 N–H and O–H groups in total. The summed E-state index contributed by atoms with van der Waals surface area (Å²) in [7, 11) is -2.57. The largest absolute Gasteiger partial charge is 0.349 e. The minimum Gasteiger partial charge on any atom is -0.349 e. The highest BCUT2D eigenvalue weighted by Crippen LogP contribution is 2.24. The van der Waals surface area contributed by atoms with Gasteiger partial charge in [0.25, 0.3) is 5.91 Å². The molecule has 1 aromatic carbocycles. The number of guanidine groups is 1. The molecule has 0 radical (unpaired) electrons. The third-order valence-corrected chi connectivity index (χ3v) is 8.67. The zero-order valence-electron chi connectivity index (χ0n) is 21.4. The van der Waals surface area contributed by atoms with Crippen LogP contribution < -0.4 is 10.6 Å². The van der Waals surface area contributed by atoms with E-state index in [9.17, 15) is 22.0 Å². The highest BCUT2D eigenvalue weighted by Gasteiger charge is 2.37. The van der Waals surface area contributed by atoms with Gasteiger partial charge in [0.15, 0.2) is 0 Å². The molecule has 1 aliphatic rings. The zero-order chi connectivity index (χ0) is 28.2. The molecule has 2 aromatic heterocycles. The number of sulfonamides is 1. The summed E-state index contributed by atoms with van der Waals surface area (Å²) in [4.78, 5) is 22.4. The molecule has 3 aromatic rings. The molecular formula is C26H29F2N7O3S. The molecule has 0 spiro atoms. The van der Waals surface area contributed by atoms with Gasteiger partial charge in [0, 0.05) is 37.6 Å². The van der Waals surface area contributed by atoms with Gasteiger partial charge in [0.05, 0.1) is 23.2 Å². The first kappa shape index (κ1) is 28.0. The topological polar surface area (TPSA) is 131 Å². The van der Waals surface area contributed by atoms with Gasteiger partial charge in [-0.05, 0) is 62.4 Å². The van der Waals surface area contributed by atoms with Crippen molar-refractivity contribution < 1.29 is 22.0 Å². The molecule has 1 saturated heterocycles. The van der Waals surface area contributed by atoms with E-state index < -0.39 is 44.8 Å². The quantitative estimate of drug-likeness (QED) is 0.286. The van der Waals surface area contributed by atoms with Crippen molar-refractivity contribution in [1.29, 1.82) is 5.41 Å². The fraction of sp³-hybridized carbons (Fsp3) is 0.308. The molecule has 1 fully saturated rings. The second-order valence-corrected chi connectivity index (χ2v) is 11.5. The molecular weight excluding hydrogens is 528 g/mol. The van der Waals surface area contributed by atoms with Gasteiger partial charge in [-0.3, -0.25) is 20.1 Å². The fourth-order valence-corrected chi connectivity index (χ4v) is 5.84. The minimum absolute atomic E-state index is 0.0208. The number of amides is 1. The lowest BCUT2D eigenvalue weighted by Gasteiger charge is -2.27. The summed E-state index contributed by atoms with van der Waals surface area (Å²) in [5.41, 5.74) is 1.19. The fourth-order valence-electron chi connectivity index (χ4n) is 4.29. The van der Waals surface area contributed by atoms with E-state index in [-0.39, 0.29) is 16.9 Å². The van der Waals surface area contributed by atoms with Gasteiger partial charge < -0.3 is 10.6 Å². The molecule has 206 valence electrons. The van der Waals surface area contributed by atoms with Crippen molar-refractivity contribution in [1.82, 2.24) is 24.5 Å². The Morgan fingerprint density at radius 3 is 2.69 bits per heavy atom. The highest BCUT2D eigenvalue weighted by atomic mass is 32.2. The van der Waals surface area contributed by atoms with E-state index >= 15 is 0 Å². The van der Waals surface area contributed by atoms with Gasteiger partial charge in [0.2, 0.25) is 16.0 Å². The van der Waals surface area contributed by atoms with Gasteiger partial charge in [0.1, 0.15) is 17.3 Å². The molecule has 13 heteroatoms. The van der Waals surface area contributed by atoms with Gasteiger partial charge >= 0.3 is 0 Å². The van der Waals surface area contributed by atoms with Crippen molar-refractivity contribution in [2.45, 2.75) is 31.2 Å². The maximum absolute atomic E-state index is 14.7. The third-order valence-electron chi connectivity index (χ3n) is 6.49. The number of aromatic nitrogens is 2. The maximum atomic E-state index is 14.7. The Morgan fingerprint density at radius 1 is 1.21 bits per heavy atom. The summed E-state index contributed by atoms with van der Waals surface area (Å²) in [6.07, 6.45) is 3.02. The Bertz CT molecular complexity index is 1440. The number of nitrogens with zero attached hydrogens (tertiary/aromatic N) is 4. The van der Waals surface area contributed by atoms with Crippen LogP contribution in [0.4, 0.5) is 14.5 Å². The predicted octanol–water partition coefficient (Wildman–Crippen LogP) is 3.13. The number of carbonyl (C=O) groups is 1. The second kappa shape index (κ2) is 11.8. The smallest absolute Gasteiger partial charge is 0.274 e. The Labute approximate surface area is 225 Å². The number of nitrogens with one attached hydrogen (secondary N) is 3. The summed E-state index contributed by atoms with van der Waals surface area (Å²) in [5, 5.41) is 13.0. The molecule has 3 heterocycles. The number of halogens is 2. The predicted molar refractivity (Wildman–Crippen MR) is 142 cm³/mol. The van der Waals surface area contributed by atoms with Crippen molar-refractivity contribution in [2.24, 2.45) is 0 Å². The zero-order valence-corrected chi connectivity index (χ0v) is 22.3. The van der Waals surface area contributed by atoms with E-state index in [4.69, 9.17) is 5.41 Å². The average molecular weight is 558 g/mol. The molecule has 2 atom stereocenters. The van der Waals surface area contributed by atoms with Crippen LogP contribution in [0.25, 0.3) is 0 Å². The summed E-state index contributed by atoms with van der Waals surface area (Å²) >= 11 is 0. The van der Waals surface area contributed by atoms with Crippen LogP contribution in [-0.2, 0) is 16.6 Å². The van der Waals surface area contributed by atoms with Crippen molar-refractivity contribution >= 4 is 27.6 Å². The van der Waals surface area contributed by atoms with Crippen LogP contribution >= 0.6 is 0 Å². The monoisotopic (exact) mass is 557 g/mol. The molecule has 39 heavy (non-hydrogen) atoms. The number of pyridine rings is 2. The summed E-state index contributed by atoms with van der Waals surface area (Å²) in [6.45, 7) is 3.01. The van der Waals surface area contributed by atoms with Crippen LogP contribution in [0.1, 0.15) is 41.1 Å². The van der Waals surface area contributed by atoms with Gasteiger partial charge in [-0.2, -0.15) is 0 Å². The standard InChI is InChI=1S/C26H29F2N7O3S/c1-17(22-13-19(7-8-23(22)28)33-25(36)24-9-6-18(27)14-31-24)32-26(29)34(2)39(37,38)21-10-12-35(16-21)15-20-5-3-4-11-30-20/h3-9,11,13-14,17,21H,10,12,15-16H2,1-2H3,(H2,29,32)(H,33,36)/t17-,21+/m1/s1. The first-order valence-electron chi connectivity index (χ1n) is 12.2. The van der Waals surface area contributed by atoms with Crippen LogP contribution in [0, 0.1) is 17.0 Å². The van der Waals surface area contributed by atoms with E-state index in [1.54, 1.807) is 13.1 Å².